The first-order valence-electron chi connectivity index (χ1n) is 5.07. The second-order valence-corrected chi connectivity index (χ2v) is 3.32. The first-order chi connectivity index (χ1) is 7.63. The van der Waals surface area contributed by atoms with Crippen LogP contribution >= 0.6 is 0 Å². The van der Waals surface area contributed by atoms with E-state index in [1.807, 2.05) is 0 Å². The van der Waals surface area contributed by atoms with E-state index in [1.54, 1.807) is 31.2 Å². The summed E-state index contributed by atoms with van der Waals surface area (Å²) in [5.74, 6) is -1.24. The van der Waals surface area contributed by atoms with E-state index in [0.717, 1.165) is 0 Å². The van der Waals surface area contributed by atoms with Crippen molar-refractivity contribution in [1.82, 2.24) is 0 Å². The summed E-state index contributed by atoms with van der Waals surface area (Å²) in [6.45, 7) is 2.07. The number of aliphatic carboxylic acids is 1. The lowest BCUT2D eigenvalue weighted by Gasteiger charge is -2.06. The number of benzene rings is 1. The first kappa shape index (κ1) is 12.2. The molecule has 1 aromatic rings. The van der Waals surface area contributed by atoms with Gasteiger partial charge in [0.1, 0.15) is 0 Å². The third-order valence-electron chi connectivity index (χ3n) is 2.10. The minimum atomic E-state index is -0.906. The zero-order valence-electron chi connectivity index (χ0n) is 9.10. The summed E-state index contributed by atoms with van der Waals surface area (Å²) >= 11 is 0. The summed E-state index contributed by atoms with van der Waals surface area (Å²) in [5.41, 5.74) is 1.37. The van der Waals surface area contributed by atoms with Gasteiger partial charge in [-0.1, -0.05) is 24.3 Å². The van der Waals surface area contributed by atoms with E-state index in [4.69, 9.17) is 9.84 Å². The number of carboxylic acid groups (broad SMARTS) is 1. The lowest BCUT2D eigenvalue weighted by molar-refractivity contribution is -0.142. The average molecular weight is 222 g/mol. The van der Waals surface area contributed by atoms with Crippen molar-refractivity contribution >= 4 is 11.9 Å². The number of carbonyl (C=O) groups is 2. The second kappa shape index (κ2) is 5.90. The molecule has 0 radical (unpaired) electrons. The molecule has 1 rings (SSSR count). The maximum absolute atomic E-state index is 11.3. The SMILES string of the molecule is CCOC(=O)Cc1ccccc1CC(=O)O. The standard InChI is InChI=1S/C12H14O4/c1-2-16-12(15)8-10-6-4-3-5-9(10)7-11(13)14/h3-6H,2,7-8H2,1H3,(H,13,14). The monoisotopic (exact) mass is 222 g/mol. The van der Waals surface area contributed by atoms with Crippen LogP contribution in [0.2, 0.25) is 0 Å². The molecule has 0 amide bonds. The third-order valence-corrected chi connectivity index (χ3v) is 2.10. The number of rotatable bonds is 5. The molecule has 1 aromatic carbocycles. The van der Waals surface area contributed by atoms with Crippen molar-refractivity contribution in [2.75, 3.05) is 6.61 Å². The topological polar surface area (TPSA) is 63.6 Å². The number of hydrogen-bond donors (Lipinski definition) is 1. The Bertz CT molecular complexity index is 384. The molecule has 0 spiro atoms. The van der Waals surface area contributed by atoms with E-state index in [1.165, 1.54) is 0 Å². The van der Waals surface area contributed by atoms with Gasteiger partial charge in [-0.05, 0) is 18.1 Å². The van der Waals surface area contributed by atoms with Gasteiger partial charge in [0.05, 0.1) is 19.4 Å². The van der Waals surface area contributed by atoms with E-state index < -0.39 is 5.97 Å². The molecule has 0 aliphatic rings. The number of hydrogen-bond acceptors (Lipinski definition) is 3. The van der Waals surface area contributed by atoms with Crippen molar-refractivity contribution in [2.45, 2.75) is 19.8 Å². The van der Waals surface area contributed by atoms with E-state index in [9.17, 15) is 9.59 Å². The highest BCUT2D eigenvalue weighted by atomic mass is 16.5. The van der Waals surface area contributed by atoms with Gasteiger partial charge in [-0.2, -0.15) is 0 Å². The molecular formula is C12H14O4. The Balaban J connectivity index is 2.78. The number of carboxylic acids is 1. The first-order valence-corrected chi connectivity index (χ1v) is 5.07. The van der Waals surface area contributed by atoms with Crippen LogP contribution in [0.5, 0.6) is 0 Å². The predicted octanol–water partition coefficient (Wildman–Crippen LogP) is 1.42. The highest BCUT2D eigenvalue weighted by molar-refractivity contribution is 5.75. The Morgan fingerprint density at radius 1 is 1.19 bits per heavy atom. The van der Waals surface area contributed by atoms with E-state index in [0.29, 0.717) is 17.7 Å². The van der Waals surface area contributed by atoms with Crippen LogP contribution in [0.3, 0.4) is 0 Å². The van der Waals surface area contributed by atoms with Crippen LogP contribution in [0, 0.1) is 0 Å². The van der Waals surface area contributed by atoms with Crippen LogP contribution in [0.15, 0.2) is 24.3 Å². The van der Waals surface area contributed by atoms with Gasteiger partial charge in [0, 0.05) is 0 Å². The summed E-state index contributed by atoms with van der Waals surface area (Å²) in [6, 6.07) is 6.99. The van der Waals surface area contributed by atoms with Crippen LogP contribution in [0.25, 0.3) is 0 Å². The van der Waals surface area contributed by atoms with Gasteiger partial charge in [-0.25, -0.2) is 0 Å². The van der Waals surface area contributed by atoms with Crippen molar-refractivity contribution < 1.29 is 19.4 Å². The van der Waals surface area contributed by atoms with Crippen molar-refractivity contribution in [3.8, 4) is 0 Å². The molecule has 0 aliphatic heterocycles. The zero-order valence-corrected chi connectivity index (χ0v) is 9.10. The highest BCUT2D eigenvalue weighted by Gasteiger charge is 2.10. The fourth-order valence-electron chi connectivity index (χ4n) is 1.43. The molecule has 0 saturated heterocycles. The van der Waals surface area contributed by atoms with Gasteiger partial charge < -0.3 is 9.84 Å². The van der Waals surface area contributed by atoms with Crippen LogP contribution in [0.4, 0.5) is 0 Å². The molecular weight excluding hydrogens is 208 g/mol. The Hall–Kier alpha value is -1.84. The fourth-order valence-corrected chi connectivity index (χ4v) is 1.43. The smallest absolute Gasteiger partial charge is 0.310 e. The molecule has 0 atom stereocenters. The molecule has 0 fully saturated rings. The lowest BCUT2D eigenvalue weighted by Crippen LogP contribution is -2.11. The van der Waals surface area contributed by atoms with E-state index in [-0.39, 0.29) is 18.8 Å². The van der Waals surface area contributed by atoms with Gasteiger partial charge in [0.25, 0.3) is 0 Å². The molecule has 0 bridgehead atoms. The van der Waals surface area contributed by atoms with Crippen molar-refractivity contribution in [3.05, 3.63) is 35.4 Å². The van der Waals surface area contributed by atoms with Gasteiger partial charge in [0.15, 0.2) is 0 Å². The molecule has 16 heavy (non-hydrogen) atoms. The van der Waals surface area contributed by atoms with E-state index in [2.05, 4.69) is 0 Å². The predicted molar refractivity (Wildman–Crippen MR) is 58.1 cm³/mol. The number of ether oxygens (including phenoxy) is 1. The zero-order chi connectivity index (χ0) is 12.0. The van der Waals surface area contributed by atoms with Gasteiger partial charge >= 0.3 is 11.9 Å². The molecule has 1 N–H and O–H groups in total. The Morgan fingerprint density at radius 3 is 2.25 bits per heavy atom. The lowest BCUT2D eigenvalue weighted by atomic mass is 10.0. The largest absolute Gasteiger partial charge is 0.481 e. The van der Waals surface area contributed by atoms with E-state index >= 15 is 0 Å². The third kappa shape index (κ3) is 3.73. The summed E-state index contributed by atoms with van der Waals surface area (Å²) in [6.07, 6.45) is 0.0485. The molecule has 0 aromatic heterocycles. The summed E-state index contributed by atoms with van der Waals surface area (Å²) in [5, 5.41) is 8.71. The molecule has 4 nitrogen and oxygen atoms in total. The van der Waals surface area contributed by atoms with Gasteiger partial charge in [0.2, 0.25) is 0 Å². The molecule has 0 heterocycles. The Kier molecular flexibility index (Phi) is 4.51. The maximum Gasteiger partial charge on any atom is 0.310 e. The number of esters is 1. The summed E-state index contributed by atoms with van der Waals surface area (Å²) < 4.78 is 4.82. The number of carbonyl (C=O) groups excluding carboxylic acids is 1. The van der Waals surface area contributed by atoms with Crippen LogP contribution < -0.4 is 0 Å². The average Bonchev–Trinajstić information content (AvgIpc) is 2.20. The minimum absolute atomic E-state index is 0.0738. The summed E-state index contributed by atoms with van der Waals surface area (Å²) in [7, 11) is 0. The van der Waals surface area contributed by atoms with Crippen LogP contribution in [0.1, 0.15) is 18.1 Å². The molecule has 86 valence electrons. The van der Waals surface area contributed by atoms with Gasteiger partial charge in [-0.3, -0.25) is 9.59 Å². The quantitative estimate of drug-likeness (QED) is 0.765. The van der Waals surface area contributed by atoms with Crippen LogP contribution in [-0.2, 0) is 27.2 Å². The van der Waals surface area contributed by atoms with Crippen molar-refractivity contribution in [2.24, 2.45) is 0 Å². The molecule has 0 aliphatic carbocycles. The minimum Gasteiger partial charge on any atom is -0.481 e. The van der Waals surface area contributed by atoms with Crippen molar-refractivity contribution in [3.63, 3.8) is 0 Å². The van der Waals surface area contributed by atoms with Gasteiger partial charge in [-0.15, -0.1) is 0 Å². The fraction of sp³-hybridized carbons (Fsp3) is 0.333. The van der Waals surface area contributed by atoms with Crippen LogP contribution in [-0.4, -0.2) is 23.7 Å². The van der Waals surface area contributed by atoms with Crippen molar-refractivity contribution in [1.29, 1.82) is 0 Å². The molecule has 0 saturated carbocycles. The Morgan fingerprint density at radius 2 is 1.75 bits per heavy atom. The highest BCUT2D eigenvalue weighted by Crippen LogP contribution is 2.11. The Labute approximate surface area is 93.9 Å². The maximum atomic E-state index is 11.3. The normalized spacial score (nSPS) is 9.81. The molecule has 4 heteroatoms. The molecule has 0 unspecified atom stereocenters. The summed E-state index contributed by atoms with van der Waals surface area (Å²) in [4.78, 5) is 21.9. The second-order valence-electron chi connectivity index (χ2n) is 3.32.